The van der Waals surface area contributed by atoms with E-state index in [1.165, 1.54) is 15.3 Å². The van der Waals surface area contributed by atoms with Crippen LogP contribution in [0.15, 0.2) is 42.5 Å². The normalized spacial score (nSPS) is 25.7. The molecule has 0 radical (unpaired) electrons. The van der Waals surface area contributed by atoms with E-state index in [-0.39, 0.29) is 24.3 Å². The van der Waals surface area contributed by atoms with Gasteiger partial charge < -0.3 is 10.2 Å². The molecule has 180 valence electrons. The molecule has 2 saturated heterocycles. The number of thiophene rings is 1. The lowest BCUT2D eigenvalue weighted by Crippen LogP contribution is -2.54. The lowest BCUT2D eigenvalue weighted by molar-refractivity contribution is -0.141. The SMILES string of the molecule is CC1CCCCC12NC(=O)N(CC(=O)N1CCN(Cc3ccc(-c4ccccc4)s3)CC1)C2=O. The number of urea groups is 1. The van der Waals surface area contributed by atoms with Crippen LogP contribution < -0.4 is 5.32 Å². The molecule has 5 rings (SSSR count). The number of imide groups is 1. The van der Waals surface area contributed by atoms with E-state index in [0.29, 0.717) is 19.5 Å². The highest BCUT2D eigenvalue weighted by atomic mass is 32.1. The third kappa shape index (κ3) is 4.36. The van der Waals surface area contributed by atoms with Crippen LogP contribution in [-0.2, 0) is 16.1 Å². The number of benzene rings is 1. The van der Waals surface area contributed by atoms with E-state index >= 15 is 0 Å². The highest BCUT2D eigenvalue weighted by molar-refractivity contribution is 7.15. The van der Waals surface area contributed by atoms with Crippen LogP contribution in [-0.4, -0.2) is 70.8 Å². The van der Waals surface area contributed by atoms with Gasteiger partial charge in [0.1, 0.15) is 12.1 Å². The fourth-order valence-electron chi connectivity index (χ4n) is 5.47. The molecule has 4 amide bonds. The van der Waals surface area contributed by atoms with Gasteiger partial charge in [-0.05, 0) is 36.5 Å². The summed E-state index contributed by atoms with van der Waals surface area (Å²) < 4.78 is 0. The Morgan fingerprint density at radius 3 is 2.56 bits per heavy atom. The Morgan fingerprint density at radius 2 is 1.82 bits per heavy atom. The first kappa shape index (κ1) is 23.1. The average molecular weight is 481 g/mol. The van der Waals surface area contributed by atoms with E-state index in [0.717, 1.165) is 43.8 Å². The topological polar surface area (TPSA) is 73.0 Å². The first-order valence-electron chi connectivity index (χ1n) is 12.2. The summed E-state index contributed by atoms with van der Waals surface area (Å²) in [5.41, 5.74) is 0.423. The molecule has 2 aliphatic heterocycles. The molecule has 1 saturated carbocycles. The van der Waals surface area contributed by atoms with E-state index < -0.39 is 11.6 Å². The van der Waals surface area contributed by atoms with Gasteiger partial charge in [0.25, 0.3) is 5.91 Å². The monoisotopic (exact) mass is 480 g/mol. The number of nitrogens with zero attached hydrogens (tertiary/aromatic N) is 3. The fraction of sp³-hybridized carbons (Fsp3) is 0.500. The quantitative estimate of drug-likeness (QED) is 0.665. The number of hydrogen-bond donors (Lipinski definition) is 1. The zero-order valence-electron chi connectivity index (χ0n) is 19.7. The number of hydrogen-bond acceptors (Lipinski definition) is 5. The molecule has 1 N–H and O–H groups in total. The molecule has 1 spiro atoms. The van der Waals surface area contributed by atoms with Crippen molar-refractivity contribution in [3.8, 4) is 10.4 Å². The van der Waals surface area contributed by atoms with Crippen molar-refractivity contribution in [2.75, 3.05) is 32.7 Å². The molecule has 1 aromatic carbocycles. The van der Waals surface area contributed by atoms with Crippen molar-refractivity contribution in [3.63, 3.8) is 0 Å². The molecule has 3 fully saturated rings. The van der Waals surface area contributed by atoms with Gasteiger partial charge >= 0.3 is 6.03 Å². The second-order valence-corrected chi connectivity index (χ2v) is 10.9. The van der Waals surface area contributed by atoms with Crippen molar-refractivity contribution in [2.24, 2.45) is 5.92 Å². The van der Waals surface area contributed by atoms with Crippen LogP contribution >= 0.6 is 11.3 Å². The third-order valence-electron chi connectivity index (χ3n) is 7.62. The van der Waals surface area contributed by atoms with Gasteiger partial charge in [0.05, 0.1) is 0 Å². The molecule has 2 aromatic rings. The maximum atomic E-state index is 13.1. The summed E-state index contributed by atoms with van der Waals surface area (Å²) in [7, 11) is 0. The zero-order valence-corrected chi connectivity index (χ0v) is 20.5. The number of amides is 4. The largest absolute Gasteiger partial charge is 0.339 e. The summed E-state index contributed by atoms with van der Waals surface area (Å²) in [4.78, 5) is 46.6. The smallest absolute Gasteiger partial charge is 0.325 e. The Kier molecular flexibility index (Phi) is 6.44. The second-order valence-electron chi connectivity index (χ2n) is 9.73. The maximum absolute atomic E-state index is 13.1. The minimum atomic E-state index is -0.812. The zero-order chi connectivity index (χ0) is 23.7. The number of nitrogens with one attached hydrogen (secondary N) is 1. The molecule has 2 unspecified atom stereocenters. The Bertz CT molecular complexity index is 1060. The van der Waals surface area contributed by atoms with Gasteiger partial charge in [-0.3, -0.25) is 19.4 Å². The molecule has 8 heteroatoms. The van der Waals surface area contributed by atoms with Gasteiger partial charge in [-0.15, -0.1) is 11.3 Å². The first-order valence-corrected chi connectivity index (χ1v) is 13.1. The summed E-state index contributed by atoms with van der Waals surface area (Å²) >= 11 is 1.81. The van der Waals surface area contributed by atoms with Gasteiger partial charge in [-0.25, -0.2) is 4.79 Å². The van der Waals surface area contributed by atoms with E-state index in [1.54, 1.807) is 4.90 Å². The lowest BCUT2D eigenvalue weighted by Gasteiger charge is -2.37. The Labute approximate surface area is 204 Å². The number of piperazine rings is 1. The minimum Gasteiger partial charge on any atom is -0.339 e. The van der Waals surface area contributed by atoms with E-state index in [2.05, 4.69) is 46.6 Å². The molecule has 7 nitrogen and oxygen atoms in total. The van der Waals surface area contributed by atoms with Crippen molar-refractivity contribution >= 4 is 29.2 Å². The highest BCUT2D eigenvalue weighted by Crippen LogP contribution is 2.38. The van der Waals surface area contributed by atoms with E-state index in [9.17, 15) is 14.4 Å². The standard InChI is InChI=1S/C26H32N4O3S/c1-19-7-5-6-12-26(19)24(32)30(25(33)27-26)18-23(31)29-15-13-28(14-16-29)17-21-10-11-22(34-21)20-8-3-2-4-9-20/h2-4,8-11,19H,5-7,12-18H2,1H3,(H,27,33). The number of carbonyl (C=O) groups excluding carboxylic acids is 3. The summed E-state index contributed by atoms with van der Waals surface area (Å²) in [5, 5.41) is 2.93. The van der Waals surface area contributed by atoms with Crippen molar-refractivity contribution in [1.82, 2.24) is 20.0 Å². The average Bonchev–Trinajstić information content (AvgIpc) is 3.41. The molecule has 3 heterocycles. The molecule has 3 aliphatic rings. The summed E-state index contributed by atoms with van der Waals surface area (Å²) in [5.74, 6) is -0.268. The second kappa shape index (κ2) is 9.50. The van der Waals surface area contributed by atoms with Crippen molar-refractivity contribution in [3.05, 3.63) is 47.3 Å². The third-order valence-corrected chi connectivity index (χ3v) is 8.74. The van der Waals surface area contributed by atoms with E-state index in [1.807, 2.05) is 24.3 Å². The first-order chi connectivity index (χ1) is 16.5. The predicted octanol–water partition coefficient (Wildman–Crippen LogP) is 3.56. The Balaban J connectivity index is 1.13. The van der Waals surface area contributed by atoms with Gasteiger partial charge in [0.15, 0.2) is 0 Å². The number of carbonyl (C=O) groups is 3. The van der Waals surface area contributed by atoms with Gasteiger partial charge in [-0.1, -0.05) is 50.1 Å². The fourth-order valence-corrected chi connectivity index (χ4v) is 6.53. The number of rotatable bonds is 5. The summed E-state index contributed by atoms with van der Waals surface area (Å²) in [6.07, 6.45) is 3.59. The maximum Gasteiger partial charge on any atom is 0.325 e. The van der Waals surface area contributed by atoms with Crippen LogP contribution in [0.1, 0.15) is 37.5 Å². The van der Waals surface area contributed by atoms with E-state index in [4.69, 9.17) is 0 Å². The van der Waals surface area contributed by atoms with Gasteiger partial charge in [0.2, 0.25) is 5.91 Å². The molecular formula is C26H32N4O3S. The van der Waals surface area contributed by atoms with Crippen LogP contribution in [0.3, 0.4) is 0 Å². The van der Waals surface area contributed by atoms with Crippen LogP contribution in [0.4, 0.5) is 4.79 Å². The summed E-state index contributed by atoms with van der Waals surface area (Å²) in [6, 6.07) is 14.3. The van der Waals surface area contributed by atoms with Crippen molar-refractivity contribution in [2.45, 2.75) is 44.7 Å². The van der Waals surface area contributed by atoms with Crippen molar-refractivity contribution in [1.29, 1.82) is 0 Å². The van der Waals surface area contributed by atoms with Gasteiger partial charge in [0, 0.05) is 42.5 Å². The van der Waals surface area contributed by atoms with Gasteiger partial charge in [-0.2, -0.15) is 0 Å². The molecule has 1 aliphatic carbocycles. The Hall–Kier alpha value is -2.71. The lowest BCUT2D eigenvalue weighted by atomic mass is 9.73. The van der Waals surface area contributed by atoms with Crippen LogP contribution in [0.25, 0.3) is 10.4 Å². The highest BCUT2D eigenvalue weighted by Gasteiger charge is 2.55. The summed E-state index contributed by atoms with van der Waals surface area (Å²) in [6.45, 7) is 5.52. The molecular weight excluding hydrogens is 448 g/mol. The molecule has 2 atom stereocenters. The Morgan fingerprint density at radius 1 is 1.06 bits per heavy atom. The van der Waals surface area contributed by atoms with Crippen LogP contribution in [0, 0.1) is 5.92 Å². The minimum absolute atomic E-state index is 0.0982. The molecule has 0 bridgehead atoms. The van der Waals surface area contributed by atoms with Crippen LogP contribution in [0.2, 0.25) is 0 Å². The van der Waals surface area contributed by atoms with Crippen LogP contribution in [0.5, 0.6) is 0 Å². The molecule has 1 aromatic heterocycles. The van der Waals surface area contributed by atoms with Crippen molar-refractivity contribution < 1.29 is 14.4 Å². The predicted molar refractivity (Wildman–Crippen MR) is 132 cm³/mol. The molecule has 34 heavy (non-hydrogen) atoms.